The third-order valence-electron chi connectivity index (χ3n) is 2.96. The molecule has 21 heavy (non-hydrogen) atoms. The largest absolute Gasteiger partial charge is 0.466 e. The number of esters is 1. The third-order valence-corrected chi connectivity index (χ3v) is 2.96. The van der Waals surface area contributed by atoms with Crippen molar-refractivity contribution in [3.63, 3.8) is 0 Å². The quantitative estimate of drug-likeness (QED) is 0.877. The van der Waals surface area contributed by atoms with Gasteiger partial charge in [0.2, 0.25) is 0 Å². The van der Waals surface area contributed by atoms with Crippen molar-refractivity contribution in [2.24, 2.45) is 0 Å². The van der Waals surface area contributed by atoms with Crippen molar-refractivity contribution in [2.45, 2.75) is 26.9 Å². The van der Waals surface area contributed by atoms with Crippen molar-refractivity contribution in [1.29, 1.82) is 0 Å². The summed E-state index contributed by atoms with van der Waals surface area (Å²) in [5, 5.41) is 2.68. The first-order valence-electron chi connectivity index (χ1n) is 6.61. The van der Waals surface area contributed by atoms with E-state index in [4.69, 9.17) is 9.15 Å². The second-order valence-corrected chi connectivity index (χ2v) is 4.73. The fourth-order valence-electron chi connectivity index (χ4n) is 1.88. The van der Waals surface area contributed by atoms with Gasteiger partial charge >= 0.3 is 5.97 Å². The summed E-state index contributed by atoms with van der Waals surface area (Å²) in [6.45, 7) is 4.95. The number of amides is 1. The summed E-state index contributed by atoms with van der Waals surface area (Å²) in [6.07, 6.45) is -0.896. The molecule has 0 fully saturated rings. The number of ether oxygens (including phenoxy) is 1. The lowest BCUT2D eigenvalue weighted by Crippen LogP contribution is -2.30. The summed E-state index contributed by atoms with van der Waals surface area (Å²) < 4.78 is 10.4. The van der Waals surface area contributed by atoms with Gasteiger partial charge in [-0.3, -0.25) is 4.79 Å². The van der Waals surface area contributed by atoms with E-state index >= 15 is 0 Å². The molecule has 0 saturated carbocycles. The van der Waals surface area contributed by atoms with Crippen LogP contribution < -0.4 is 5.32 Å². The van der Waals surface area contributed by atoms with E-state index in [9.17, 15) is 9.59 Å². The van der Waals surface area contributed by atoms with Crippen LogP contribution in [0.15, 0.2) is 40.8 Å². The van der Waals surface area contributed by atoms with Gasteiger partial charge in [0.05, 0.1) is 0 Å². The summed E-state index contributed by atoms with van der Waals surface area (Å²) in [5.74, 6) is 0.154. The second-order valence-electron chi connectivity index (χ2n) is 4.73. The Balaban J connectivity index is 1.97. The Morgan fingerprint density at radius 3 is 2.43 bits per heavy atom. The minimum absolute atomic E-state index is 0.340. The van der Waals surface area contributed by atoms with Crippen LogP contribution in [0, 0.1) is 13.8 Å². The molecule has 1 aromatic heterocycles. The predicted octanol–water partition coefficient (Wildman–Crippen LogP) is 3.08. The molecule has 110 valence electrons. The minimum atomic E-state index is -0.896. The van der Waals surface area contributed by atoms with Gasteiger partial charge in [0.1, 0.15) is 17.1 Å². The standard InChI is InChI=1S/C16H17NO4/c1-10-9-14(11(2)20-10)16(19)21-12(3)15(18)17-13-7-5-4-6-8-13/h4-9,12H,1-3H3,(H,17,18)/t12-/m0/s1. The van der Waals surface area contributed by atoms with Crippen LogP contribution in [-0.4, -0.2) is 18.0 Å². The molecule has 1 amide bonds. The van der Waals surface area contributed by atoms with E-state index in [0.717, 1.165) is 0 Å². The molecule has 5 nitrogen and oxygen atoms in total. The van der Waals surface area contributed by atoms with Crippen molar-refractivity contribution in [2.75, 3.05) is 5.32 Å². The van der Waals surface area contributed by atoms with Crippen molar-refractivity contribution >= 4 is 17.6 Å². The Hall–Kier alpha value is -2.56. The first-order chi connectivity index (χ1) is 9.97. The number of nitrogens with one attached hydrogen (secondary N) is 1. The average Bonchev–Trinajstić information content (AvgIpc) is 2.78. The van der Waals surface area contributed by atoms with Crippen LogP contribution >= 0.6 is 0 Å². The predicted molar refractivity (Wildman–Crippen MR) is 78.1 cm³/mol. The minimum Gasteiger partial charge on any atom is -0.466 e. The number of aryl methyl sites for hydroxylation is 2. The number of rotatable bonds is 4. The summed E-state index contributed by atoms with van der Waals surface area (Å²) in [4.78, 5) is 23.9. The summed E-state index contributed by atoms with van der Waals surface area (Å²) >= 11 is 0. The van der Waals surface area contributed by atoms with Gasteiger partial charge in [-0.1, -0.05) is 18.2 Å². The maximum Gasteiger partial charge on any atom is 0.342 e. The van der Waals surface area contributed by atoms with Crippen molar-refractivity contribution in [1.82, 2.24) is 0 Å². The lowest BCUT2D eigenvalue weighted by Gasteiger charge is -2.13. The molecule has 1 atom stereocenters. The highest BCUT2D eigenvalue weighted by Gasteiger charge is 2.21. The van der Waals surface area contributed by atoms with Gasteiger partial charge < -0.3 is 14.5 Å². The zero-order valence-corrected chi connectivity index (χ0v) is 12.2. The summed E-state index contributed by atoms with van der Waals surface area (Å²) in [6, 6.07) is 10.6. The van der Waals surface area contributed by atoms with Crippen molar-refractivity contribution < 1.29 is 18.7 Å². The number of carbonyl (C=O) groups excluding carboxylic acids is 2. The van der Waals surface area contributed by atoms with Crippen LogP contribution in [0.25, 0.3) is 0 Å². The van der Waals surface area contributed by atoms with Crippen molar-refractivity contribution in [3.05, 3.63) is 53.5 Å². The van der Waals surface area contributed by atoms with E-state index in [1.807, 2.05) is 18.2 Å². The molecule has 2 rings (SSSR count). The monoisotopic (exact) mass is 287 g/mol. The number of benzene rings is 1. The first kappa shape index (κ1) is 14.8. The zero-order chi connectivity index (χ0) is 15.4. The Morgan fingerprint density at radius 2 is 1.86 bits per heavy atom. The topological polar surface area (TPSA) is 68.5 Å². The Kier molecular flexibility index (Phi) is 4.42. The fraction of sp³-hybridized carbons (Fsp3) is 0.250. The van der Waals surface area contributed by atoms with Crippen LogP contribution in [0.2, 0.25) is 0 Å². The van der Waals surface area contributed by atoms with Gasteiger partial charge in [-0.25, -0.2) is 4.79 Å². The van der Waals surface area contributed by atoms with Gasteiger partial charge in [-0.15, -0.1) is 0 Å². The highest BCUT2D eigenvalue weighted by molar-refractivity contribution is 5.97. The van der Waals surface area contributed by atoms with Crippen LogP contribution in [0.1, 0.15) is 28.8 Å². The highest BCUT2D eigenvalue weighted by Crippen LogP contribution is 2.16. The molecule has 0 aliphatic rings. The molecule has 0 spiro atoms. The number of anilines is 1. The maximum atomic E-state index is 12.0. The average molecular weight is 287 g/mol. The lowest BCUT2D eigenvalue weighted by molar-refractivity contribution is -0.123. The van der Waals surface area contributed by atoms with Crippen molar-refractivity contribution in [3.8, 4) is 0 Å². The van der Waals surface area contributed by atoms with Gasteiger partial charge in [0, 0.05) is 5.69 Å². The molecule has 2 aromatic rings. The number of carbonyl (C=O) groups is 2. The van der Waals surface area contributed by atoms with Gasteiger partial charge in [0.15, 0.2) is 6.10 Å². The summed E-state index contributed by atoms with van der Waals surface area (Å²) in [5.41, 5.74) is 0.993. The molecule has 0 bridgehead atoms. The molecule has 0 saturated heterocycles. The van der Waals surface area contributed by atoms with Gasteiger partial charge in [-0.2, -0.15) is 0 Å². The number of furan rings is 1. The van der Waals surface area contributed by atoms with E-state index in [2.05, 4.69) is 5.32 Å². The van der Waals surface area contributed by atoms with Crippen LogP contribution in [0.4, 0.5) is 5.69 Å². The molecule has 0 radical (unpaired) electrons. The van der Waals surface area contributed by atoms with Gasteiger partial charge in [0.25, 0.3) is 5.91 Å². The summed E-state index contributed by atoms with van der Waals surface area (Å²) in [7, 11) is 0. The SMILES string of the molecule is Cc1cc(C(=O)O[C@@H](C)C(=O)Nc2ccccc2)c(C)o1. The molecule has 0 aliphatic heterocycles. The molecule has 1 heterocycles. The smallest absolute Gasteiger partial charge is 0.342 e. The second kappa shape index (κ2) is 6.26. The Bertz CT molecular complexity index is 646. The molecule has 0 aliphatic carbocycles. The highest BCUT2D eigenvalue weighted by atomic mass is 16.5. The molecule has 5 heteroatoms. The molecular formula is C16H17NO4. The number of hydrogen-bond acceptors (Lipinski definition) is 4. The van der Waals surface area contributed by atoms with Gasteiger partial charge in [-0.05, 0) is 39.0 Å². The zero-order valence-electron chi connectivity index (χ0n) is 12.2. The van der Waals surface area contributed by atoms with E-state index in [1.54, 1.807) is 32.0 Å². The van der Waals surface area contributed by atoms with E-state index in [1.165, 1.54) is 6.92 Å². The fourth-order valence-corrected chi connectivity index (χ4v) is 1.88. The third kappa shape index (κ3) is 3.72. The molecular weight excluding hydrogens is 270 g/mol. The van der Waals surface area contributed by atoms with E-state index in [-0.39, 0.29) is 5.91 Å². The Labute approximate surface area is 122 Å². The van der Waals surface area contributed by atoms with Crippen LogP contribution in [0.5, 0.6) is 0 Å². The van der Waals surface area contributed by atoms with E-state index < -0.39 is 12.1 Å². The van der Waals surface area contributed by atoms with Crippen LogP contribution in [-0.2, 0) is 9.53 Å². The molecule has 1 N–H and O–H groups in total. The van der Waals surface area contributed by atoms with Crippen LogP contribution in [0.3, 0.4) is 0 Å². The Morgan fingerprint density at radius 1 is 1.19 bits per heavy atom. The number of para-hydroxylation sites is 1. The lowest BCUT2D eigenvalue weighted by atomic mass is 10.2. The van der Waals surface area contributed by atoms with E-state index in [0.29, 0.717) is 22.8 Å². The normalized spacial score (nSPS) is 11.8. The maximum absolute atomic E-state index is 12.0. The first-order valence-corrected chi connectivity index (χ1v) is 6.61. The number of hydrogen-bond donors (Lipinski definition) is 1. The molecule has 1 aromatic carbocycles. The molecule has 0 unspecified atom stereocenters.